The Labute approximate surface area is 111 Å². The average molecular weight is 270 g/mol. The maximum Gasteiger partial charge on any atom is 0.241 e. The van der Waals surface area contributed by atoms with Crippen LogP contribution >= 0.6 is 11.6 Å². The first-order valence-corrected chi connectivity index (χ1v) is 6.36. The second-order valence-electron chi connectivity index (χ2n) is 4.12. The van der Waals surface area contributed by atoms with E-state index in [9.17, 15) is 4.79 Å². The molecule has 0 atom stereocenters. The first-order valence-electron chi connectivity index (χ1n) is 5.82. The molecule has 0 bridgehead atoms. The summed E-state index contributed by atoms with van der Waals surface area (Å²) in [5.41, 5.74) is 1.97. The average Bonchev–Trinajstić information content (AvgIpc) is 2.44. The number of fused-ring (bicyclic) bond motifs is 1. The van der Waals surface area contributed by atoms with Crippen LogP contribution < -0.4 is 14.4 Å². The van der Waals surface area contributed by atoms with E-state index in [0.29, 0.717) is 18.0 Å². The number of alkyl halides is 1. The number of hydrogen-bond acceptors (Lipinski definition) is 3. The standard InChI is InChI=1S/C13H16ClNO3/c1-17-11-6-9-4-3-5-15(13(16)8-14)10(9)7-12(11)18-2/h6-7H,3-5,8H2,1-2H3. The molecule has 1 amide bonds. The fourth-order valence-corrected chi connectivity index (χ4v) is 2.39. The molecule has 98 valence electrons. The maximum absolute atomic E-state index is 11.8. The molecule has 0 N–H and O–H groups in total. The van der Waals surface area contributed by atoms with E-state index in [4.69, 9.17) is 21.1 Å². The van der Waals surface area contributed by atoms with Gasteiger partial charge in [-0.15, -0.1) is 11.6 Å². The van der Waals surface area contributed by atoms with Gasteiger partial charge in [0.1, 0.15) is 5.88 Å². The lowest BCUT2D eigenvalue weighted by Gasteiger charge is -2.29. The van der Waals surface area contributed by atoms with E-state index in [0.717, 1.165) is 24.1 Å². The third-order valence-corrected chi connectivity index (χ3v) is 3.35. The summed E-state index contributed by atoms with van der Waals surface area (Å²) in [5.74, 6) is 1.24. The first kappa shape index (κ1) is 13.0. The van der Waals surface area contributed by atoms with Crippen molar-refractivity contribution in [3.05, 3.63) is 17.7 Å². The summed E-state index contributed by atoms with van der Waals surface area (Å²) in [5, 5.41) is 0. The van der Waals surface area contributed by atoms with Gasteiger partial charge in [-0.2, -0.15) is 0 Å². The predicted molar refractivity (Wildman–Crippen MR) is 70.9 cm³/mol. The molecular formula is C13H16ClNO3. The summed E-state index contributed by atoms with van der Waals surface area (Å²) in [7, 11) is 3.19. The molecule has 5 heteroatoms. The highest BCUT2D eigenvalue weighted by molar-refractivity contribution is 6.29. The van der Waals surface area contributed by atoms with E-state index in [-0.39, 0.29) is 11.8 Å². The van der Waals surface area contributed by atoms with E-state index in [1.165, 1.54) is 0 Å². The molecule has 0 radical (unpaired) electrons. The zero-order chi connectivity index (χ0) is 13.1. The quantitative estimate of drug-likeness (QED) is 0.790. The number of halogens is 1. The summed E-state index contributed by atoms with van der Waals surface area (Å²) in [6, 6.07) is 3.78. The molecule has 0 saturated carbocycles. The number of benzene rings is 1. The Morgan fingerprint density at radius 1 is 1.33 bits per heavy atom. The highest BCUT2D eigenvalue weighted by atomic mass is 35.5. The van der Waals surface area contributed by atoms with E-state index in [2.05, 4.69) is 0 Å². The van der Waals surface area contributed by atoms with Crippen molar-refractivity contribution >= 4 is 23.2 Å². The maximum atomic E-state index is 11.8. The van der Waals surface area contributed by atoms with Gasteiger partial charge in [0.2, 0.25) is 5.91 Å². The van der Waals surface area contributed by atoms with E-state index < -0.39 is 0 Å². The number of amides is 1. The van der Waals surface area contributed by atoms with Crippen LogP contribution in [-0.4, -0.2) is 32.6 Å². The lowest BCUT2D eigenvalue weighted by Crippen LogP contribution is -2.36. The van der Waals surface area contributed by atoms with Crippen molar-refractivity contribution in [2.75, 3.05) is 31.5 Å². The minimum Gasteiger partial charge on any atom is -0.493 e. The normalized spacial score (nSPS) is 14.1. The molecule has 0 spiro atoms. The van der Waals surface area contributed by atoms with E-state index >= 15 is 0 Å². The van der Waals surface area contributed by atoms with Gasteiger partial charge in [-0.3, -0.25) is 4.79 Å². The zero-order valence-corrected chi connectivity index (χ0v) is 11.3. The number of aryl methyl sites for hydroxylation is 1. The zero-order valence-electron chi connectivity index (χ0n) is 10.5. The summed E-state index contributed by atoms with van der Waals surface area (Å²) >= 11 is 5.64. The summed E-state index contributed by atoms with van der Waals surface area (Å²) < 4.78 is 10.5. The van der Waals surface area contributed by atoms with Crippen molar-refractivity contribution < 1.29 is 14.3 Å². The van der Waals surface area contributed by atoms with Crippen molar-refractivity contribution in [3.8, 4) is 11.5 Å². The third-order valence-electron chi connectivity index (χ3n) is 3.12. The molecule has 18 heavy (non-hydrogen) atoms. The number of anilines is 1. The van der Waals surface area contributed by atoms with E-state index in [1.807, 2.05) is 12.1 Å². The summed E-state index contributed by atoms with van der Waals surface area (Å²) in [4.78, 5) is 13.5. The third kappa shape index (κ3) is 2.25. The lowest BCUT2D eigenvalue weighted by atomic mass is 10.0. The highest BCUT2D eigenvalue weighted by Crippen LogP contribution is 2.37. The van der Waals surface area contributed by atoms with Crippen LogP contribution in [0.4, 0.5) is 5.69 Å². The Balaban J connectivity index is 2.46. The molecule has 0 saturated heterocycles. The van der Waals surface area contributed by atoms with Gasteiger partial charge in [0.25, 0.3) is 0 Å². The van der Waals surface area contributed by atoms with Crippen LogP contribution in [0.2, 0.25) is 0 Å². The van der Waals surface area contributed by atoms with Gasteiger partial charge in [-0.05, 0) is 24.5 Å². The first-order chi connectivity index (χ1) is 8.71. The minimum absolute atomic E-state index is 0.00617. The molecule has 1 aromatic rings. The van der Waals surface area contributed by atoms with Gasteiger partial charge in [0.15, 0.2) is 11.5 Å². The molecule has 1 aliphatic rings. The molecule has 0 aliphatic carbocycles. The number of nitrogens with zero attached hydrogens (tertiary/aromatic N) is 1. The molecule has 0 aromatic heterocycles. The Morgan fingerprint density at radius 2 is 2.00 bits per heavy atom. The molecule has 2 rings (SSSR count). The summed E-state index contributed by atoms with van der Waals surface area (Å²) in [6.45, 7) is 0.702. The number of carbonyl (C=O) groups excluding carboxylic acids is 1. The number of hydrogen-bond donors (Lipinski definition) is 0. The summed E-state index contributed by atoms with van der Waals surface area (Å²) in [6.07, 6.45) is 1.87. The van der Waals surface area contributed by atoms with Gasteiger partial charge in [0.05, 0.1) is 19.9 Å². The van der Waals surface area contributed by atoms with Crippen LogP contribution in [0.1, 0.15) is 12.0 Å². The molecule has 1 heterocycles. The van der Waals surface area contributed by atoms with Gasteiger partial charge < -0.3 is 14.4 Å². The largest absolute Gasteiger partial charge is 0.493 e. The van der Waals surface area contributed by atoms with Crippen LogP contribution in [0.3, 0.4) is 0 Å². The molecule has 0 unspecified atom stereocenters. The molecule has 1 aromatic carbocycles. The fourth-order valence-electron chi connectivity index (χ4n) is 2.24. The Bertz CT molecular complexity index is 462. The number of methoxy groups -OCH3 is 2. The van der Waals surface area contributed by atoms with E-state index in [1.54, 1.807) is 19.1 Å². The monoisotopic (exact) mass is 269 g/mol. The van der Waals surface area contributed by atoms with Crippen molar-refractivity contribution in [2.45, 2.75) is 12.8 Å². The Kier molecular flexibility index (Phi) is 3.97. The second kappa shape index (κ2) is 5.48. The smallest absolute Gasteiger partial charge is 0.241 e. The van der Waals surface area contributed by atoms with Crippen LogP contribution in [0.5, 0.6) is 11.5 Å². The van der Waals surface area contributed by atoms with Crippen LogP contribution in [0.25, 0.3) is 0 Å². The number of rotatable bonds is 3. The Hall–Kier alpha value is -1.42. The fraction of sp³-hybridized carbons (Fsp3) is 0.462. The van der Waals surface area contributed by atoms with Gasteiger partial charge in [-0.25, -0.2) is 0 Å². The predicted octanol–water partition coefficient (Wildman–Crippen LogP) is 2.22. The van der Waals surface area contributed by atoms with Gasteiger partial charge >= 0.3 is 0 Å². The number of ether oxygens (including phenoxy) is 2. The Morgan fingerprint density at radius 3 is 2.61 bits per heavy atom. The molecular weight excluding hydrogens is 254 g/mol. The number of carbonyl (C=O) groups is 1. The highest BCUT2D eigenvalue weighted by Gasteiger charge is 2.24. The molecule has 1 aliphatic heterocycles. The second-order valence-corrected chi connectivity index (χ2v) is 4.39. The van der Waals surface area contributed by atoms with Crippen molar-refractivity contribution in [3.63, 3.8) is 0 Å². The lowest BCUT2D eigenvalue weighted by molar-refractivity contribution is -0.116. The SMILES string of the molecule is COc1cc2c(cc1OC)N(C(=O)CCl)CCC2. The minimum atomic E-state index is -0.0789. The van der Waals surface area contributed by atoms with Crippen LogP contribution in [0.15, 0.2) is 12.1 Å². The molecule has 4 nitrogen and oxygen atoms in total. The topological polar surface area (TPSA) is 38.8 Å². The van der Waals surface area contributed by atoms with Gasteiger partial charge in [-0.1, -0.05) is 0 Å². The van der Waals surface area contributed by atoms with Crippen molar-refractivity contribution in [1.82, 2.24) is 0 Å². The van der Waals surface area contributed by atoms with Crippen LogP contribution in [-0.2, 0) is 11.2 Å². The van der Waals surface area contributed by atoms with Crippen molar-refractivity contribution in [2.24, 2.45) is 0 Å². The van der Waals surface area contributed by atoms with Crippen LogP contribution in [0, 0.1) is 0 Å². The molecule has 0 fully saturated rings. The van der Waals surface area contributed by atoms with Crippen molar-refractivity contribution in [1.29, 1.82) is 0 Å². The van der Waals surface area contributed by atoms with Gasteiger partial charge in [0, 0.05) is 12.6 Å².